The summed E-state index contributed by atoms with van der Waals surface area (Å²) in [6.07, 6.45) is 1.64. The van der Waals surface area contributed by atoms with Crippen LogP contribution >= 0.6 is 15.9 Å². The first-order valence-electron chi connectivity index (χ1n) is 10.4. The van der Waals surface area contributed by atoms with Crippen molar-refractivity contribution in [3.63, 3.8) is 0 Å². The third-order valence-corrected chi connectivity index (χ3v) is 4.83. The zero-order valence-corrected chi connectivity index (χ0v) is 24.6. The van der Waals surface area contributed by atoms with Crippen molar-refractivity contribution in [2.24, 2.45) is 5.41 Å². The van der Waals surface area contributed by atoms with Gasteiger partial charge in [0.05, 0.1) is 13.2 Å². The molecule has 192 valence electrons. The van der Waals surface area contributed by atoms with Gasteiger partial charge in [-0.25, -0.2) is 9.59 Å². The molecule has 0 bridgehead atoms. The number of ether oxygens (including phenoxy) is 2. The van der Waals surface area contributed by atoms with E-state index in [4.69, 9.17) is 16.6 Å². The van der Waals surface area contributed by atoms with Gasteiger partial charge >= 0.3 is 36.5 Å². The second-order valence-corrected chi connectivity index (χ2v) is 10.6. The average molecular weight is 720 g/mol. The van der Waals surface area contributed by atoms with E-state index in [2.05, 4.69) is 27.3 Å². The molecule has 0 spiro atoms. The number of carbonyl (C=O) groups excluding carboxylic acids is 3. The third-order valence-electron chi connectivity index (χ3n) is 4.30. The number of likely N-dealkylation sites (tertiary alicyclic amines) is 1. The van der Waals surface area contributed by atoms with Gasteiger partial charge < -0.3 is 26.1 Å². The first kappa shape index (κ1) is 32.1. The van der Waals surface area contributed by atoms with Crippen LogP contribution < -0.4 is 5.32 Å². The second-order valence-electron chi connectivity index (χ2n) is 9.28. The summed E-state index contributed by atoms with van der Waals surface area (Å²) in [5.41, 5.74) is -1.21. The fourth-order valence-electron chi connectivity index (χ4n) is 2.84. The molecular weight excluding hydrogens is 686 g/mol. The first-order valence-corrected chi connectivity index (χ1v) is 13.2. The van der Waals surface area contributed by atoms with Gasteiger partial charge in [0.15, 0.2) is 0 Å². The van der Waals surface area contributed by atoms with Gasteiger partial charge in [-0.05, 0) is 26.2 Å². The summed E-state index contributed by atoms with van der Waals surface area (Å²) < 4.78 is 28.1. The third kappa shape index (κ3) is 12.6. The Bertz CT molecular complexity index is 832. The Labute approximate surface area is 217 Å². The number of carbonyl (C=O) groups is 3. The SMILES string of the molecule is Brc1cc[c-]cc1.COC(=O)[C@@H]1C[CH-]CN1C(=O)[C@@H](NC(=O)OC(C)(C)C)C(C)(C)C.[O]=[Os+2]=[O]. The van der Waals surface area contributed by atoms with E-state index in [0.717, 1.165) is 4.47 Å². The predicted molar refractivity (Wildman–Crippen MR) is 123 cm³/mol. The molecule has 34 heavy (non-hydrogen) atoms. The Balaban J connectivity index is 0.000000899. The molecule has 1 heterocycles. The van der Waals surface area contributed by atoms with Crippen molar-refractivity contribution in [3.8, 4) is 0 Å². The summed E-state index contributed by atoms with van der Waals surface area (Å²) in [5.74, 6) is -0.778. The molecule has 1 aliphatic heterocycles. The number of hydrogen-bond acceptors (Lipinski definition) is 7. The number of alkyl carbamates (subject to hydrolysis) is 1. The van der Waals surface area contributed by atoms with E-state index < -0.39 is 52.5 Å². The van der Waals surface area contributed by atoms with Gasteiger partial charge in [0.1, 0.15) is 11.6 Å². The number of nitrogens with one attached hydrogen (secondary N) is 1. The molecule has 1 aromatic carbocycles. The van der Waals surface area contributed by atoms with Gasteiger partial charge in [0.25, 0.3) is 0 Å². The van der Waals surface area contributed by atoms with Crippen LogP contribution in [-0.4, -0.2) is 54.2 Å². The van der Waals surface area contributed by atoms with Gasteiger partial charge in [-0.3, -0.25) is 4.79 Å². The van der Waals surface area contributed by atoms with Gasteiger partial charge in [-0.15, -0.1) is 13.0 Å². The van der Waals surface area contributed by atoms with Gasteiger partial charge in [0, 0.05) is 0 Å². The topological polar surface area (TPSA) is 119 Å². The van der Waals surface area contributed by atoms with Gasteiger partial charge in [0.2, 0.25) is 5.91 Å². The van der Waals surface area contributed by atoms with Crippen LogP contribution in [0.5, 0.6) is 0 Å². The Morgan fingerprint density at radius 2 is 1.71 bits per heavy atom. The van der Waals surface area contributed by atoms with E-state index in [-0.39, 0.29) is 5.91 Å². The van der Waals surface area contributed by atoms with Crippen molar-refractivity contribution in [3.05, 3.63) is 41.2 Å². The molecule has 0 unspecified atom stereocenters. The molecule has 1 N–H and O–H groups in total. The Kier molecular flexibility index (Phi) is 14.4. The molecule has 0 saturated carbocycles. The minimum atomic E-state index is -2.08. The molecular formula is C23H33BrN2O7Os. The van der Waals surface area contributed by atoms with E-state index in [1.165, 1.54) is 12.0 Å². The van der Waals surface area contributed by atoms with Crippen LogP contribution in [0.4, 0.5) is 4.79 Å². The number of esters is 1. The van der Waals surface area contributed by atoms with Crippen LogP contribution in [0.2, 0.25) is 0 Å². The first-order chi connectivity index (χ1) is 15.7. The molecule has 11 heteroatoms. The zero-order valence-electron chi connectivity index (χ0n) is 20.5. The standard InChI is InChI=1S/C17H29N2O5.C6H4Br.2O.Os/c1-16(2,3)12(18-15(22)24-17(4,5)6)13(20)19-10-8-9-11(19)14(21)23-7;7-6-4-2-1-3-5-6;;;/h8,11-12H,9-10H2,1-7H3,(H,18,22);2-5H;;;/q2*-1;;;+2/t11-,12+;;;;/m0..../s1. The van der Waals surface area contributed by atoms with Gasteiger partial charge in [-0.1, -0.05) is 41.2 Å². The summed E-state index contributed by atoms with van der Waals surface area (Å²) in [7, 11) is 1.30. The van der Waals surface area contributed by atoms with Crippen molar-refractivity contribution in [2.45, 2.75) is 65.6 Å². The van der Waals surface area contributed by atoms with E-state index >= 15 is 0 Å². The summed E-state index contributed by atoms with van der Waals surface area (Å²) in [5, 5.41) is 2.65. The normalized spacial score (nSPS) is 16.0. The molecule has 1 saturated heterocycles. The van der Waals surface area contributed by atoms with Gasteiger partial charge in [-0.2, -0.15) is 30.3 Å². The summed E-state index contributed by atoms with van der Waals surface area (Å²) in [6.45, 7) is 11.1. The minimum absolute atomic E-state index is 0.322. The van der Waals surface area contributed by atoms with Crippen LogP contribution in [0.1, 0.15) is 48.0 Å². The Hall–Kier alpha value is -1.85. The number of halogens is 1. The molecule has 1 fully saturated rings. The summed E-state index contributed by atoms with van der Waals surface area (Å²) in [4.78, 5) is 38.4. The molecule has 2 amide bonds. The number of rotatable bonds is 3. The zero-order chi connectivity index (χ0) is 26.5. The van der Waals surface area contributed by atoms with Crippen molar-refractivity contribution < 1.29 is 48.3 Å². The molecule has 2 rings (SSSR count). The van der Waals surface area contributed by atoms with Crippen molar-refractivity contribution >= 4 is 33.9 Å². The maximum absolute atomic E-state index is 13.0. The second kappa shape index (κ2) is 15.2. The van der Waals surface area contributed by atoms with Crippen LogP contribution in [0, 0.1) is 17.9 Å². The van der Waals surface area contributed by atoms with Crippen LogP contribution in [0.3, 0.4) is 0 Å². The number of amides is 2. The van der Waals surface area contributed by atoms with Crippen LogP contribution in [-0.2, 0) is 43.5 Å². The van der Waals surface area contributed by atoms with Crippen LogP contribution in [0.15, 0.2) is 28.7 Å². The Morgan fingerprint density at radius 3 is 2.09 bits per heavy atom. The fraction of sp³-hybridized carbons (Fsp3) is 0.565. The quantitative estimate of drug-likeness (QED) is 0.372. The van der Waals surface area contributed by atoms with Crippen molar-refractivity contribution in [2.75, 3.05) is 13.7 Å². The number of methoxy groups -OCH3 is 1. The molecule has 0 aliphatic carbocycles. The molecule has 1 aliphatic rings. The molecule has 0 aromatic heterocycles. The van der Waals surface area contributed by atoms with Crippen molar-refractivity contribution in [1.82, 2.24) is 10.2 Å². The van der Waals surface area contributed by atoms with E-state index in [0.29, 0.717) is 13.0 Å². The van der Waals surface area contributed by atoms with E-state index in [9.17, 15) is 14.4 Å². The molecule has 9 nitrogen and oxygen atoms in total. The number of hydrogen-bond donors (Lipinski definition) is 1. The van der Waals surface area contributed by atoms with E-state index in [1.54, 1.807) is 20.8 Å². The molecule has 0 radical (unpaired) electrons. The van der Waals surface area contributed by atoms with E-state index in [1.807, 2.05) is 51.5 Å². The molecule has 2 atom stereocenters. The maximum atomic E-state index is 13.0. The van der Waals surface area contributed by atoms with Crippen molar-refractivity contribution in [1.29, 1.82) is 0 Å². The summed E-state index contributed by atoms with van der Waals surface area (Å²) in [6, 6.07) is 9.06. The average Bonchev–Trinajstić information content (AvgIpc) is 3.20. The Morgan fingerprint density at radius 1 is 1.18 bits per heavy atom. The fourth-order valence-corrected chi connectivity index (χ4v) is 3.10. The predicted octanol–water partition coefficient (Wildman–Crippen LogP) is 3.91. The number of benzene rings is 1. The molecule has 1 aromatic rings. The summed E-state index contributed by atoms with van der Waals surface area (Å²) >= 11 is 1.21. The number of nitrogens with zero attached hydrogens (tertiary/aromatic N) is 1. The van der Waals surface area contributed by atoms with Crippen LogP contribution in [0.25, 0.3) is 0 Å². The monoisotopic (exact) mass is 720 g/mol.